The summed E-state index contributed by atoms with van der Waals surface area (Å²) in [5.41, 5.74) is 1.08. The van der Waals surface area contributed by atoms with Gasteiger partial charge in [0.15, 0.2) is 5.82 Å². The van der Waals surface area contributed by atoms with E-state index in [9.17, 15) is 4.79 Å². The normalized spacial score (nSPS) is 17.3. The highest BCUT2D eigenvalue weighted by molar-refractivity contribution is 7.07. The maximum absolute atomic E-state index is 12.3. The van der Waals surface area contributed by atoms with E-state index in [1.807, 2.05) is 40.7 Å². The number of aromatic nitrogens is 2. The Labute approximate surface area is 139 Å². The Hall–Kier alpha value is -2.15. The molecule has 1 atom stereocenters. The van der Waals surface area contributed by atoms with Gasteiger partial charge in [-0.25, -0.2) is 0 Å². The number of likely N-dealkylation sites (tertiary alicyclic amines) is 1. The van der Waals surface area contributed by atoms with Crippen molar-refractivity contribution in [3.8, 4) is 5.88 Å². The molecule has 0 N–H and O–H groups in total. The van der Waals surface area contributed by atoms with E-state index in [1.165, 1.54) is 0 Å². The van der Waals surface area contributed by atoms with Crippen LogP contribution in [-0.4, -0.2) is 54.1 Å². The molecule has 0 bridgehead atoms. The minimum Gasteiger partial charge on any atom is -0.471 e. The second-order valence-electron chi connectivity index (χ2n) is 5.79. The van der Waals surface area contributed by atoms with Crippen LogP contribution in [0.3, 0.4) is 0 Å². The second-order valence-corrected chi connectivity index (χ2v) is 6.57. The number of hydrogen-bond donors (Lipinski definition) is 0. The van der Waals surface area contributed by atoms with Gasteiger partial charge in [0.05, 0.1) is 25.4 Å². The third-order valence-corrected chi connectivity index (χ3v) is 4.51. The number of anilines is 1. The highest BCUT2D eigenvalue weighted by Gasteiger charge is 2.28. The molecule has 3 heterocycles. The molecule has 122 valence electrons. The number of thiophene rings is 1. The highest BCUT2D eigenvalue weighted by Crippen LogP contribution is 2.19. The maximum atomic E-state index is 12.3. The molecule has 1 aliphatic heterocycles. The monoisotopic (exact) mass is 332 g/mol. The third-order valence-electron chi connectivity index (χ3n) is 3.78. The second kappa shape index (κ2) is 6.95. The summed E-state index contributed by atoms with van der Waals surface area (Å²) in [6.07, 6.45) is 4.57. The number of hydrogen-bond acceptors (Lipinski definition) is 6. The van der Waals surface area contributed by atoms with Gasteiger partial charge in [-0.2, -0.15) is 16.3 Å². The first-order valence-corrected chi connectivity index (χ1v) is 8.51. The van der Waals surface area contributed by atoms with Crippen LogP contribution in [-0.2, 0) is 11.2 Å². The molecule has 1 amide bonds. The first-order valence-electron chi connectivity index (χ1n) is 7.56. The van der Waals surface area contributed by atoms with E-state index in [0.29, 0.717) is 18.8 Å². The van der Waals surface area contributed by atoms with Gasteiger partial charge in [-0.15, -0.1) is 0 Å². The molecule has 0 radical (unpaired) electrons. The average Bonchev–Trinajstić information content (AvgIpc) is 3.19. The van der Waals surface area contributed by atoms with Crippen molar-refractivity contribution in [1.82, 2.24) is 14.9 Å². The first kappa shape index (κ1) is 15.7. The minimum absolute atomic E-state index is 0.0202. The molecule has 2 aromatic rings. The zero-order valence-corrected chi connectivity index (χ0v) is 14.1. The molecule has 0 aromatic carbocycles. The molecule has 0 saturated carbocycles. The number of nitrogens with zero attached hydrogens (tertiary/aromatic N) is 4. The Bertz CT molecular complexity index is 660. The van der Waals surface area contributed by atoms with E-state index in [0.717, 1.165) is 24.3 Å². The largest absolute Gasteiger partial charge is 0.471 e. The van der Waals surface area contributed by atoms with E-state index in [4.69, 9.17) is 4.74 Å². The van der Waals surface area contributed by atoms with Gasteiger partial charge in [-0.05, 0) is 22.4 Å². The molecule has 0 aliphatic carbocycles. The van der Waals surface area contributed by atoms with Crippen molar-refractivity contribution in [2.24, 2.45) is 0 Å². The lowest BCUT2D eigenvalue weighted by Crippen LogP contribution is -2.32. The lowest BCUT2D eigenvalue weighted by Gasteiger charge is -2.17. The topological polar surface area (TPSA) is 58.6 Å². The summed E-state index contributed by atoms with van der Waals surface area (Å²) in [5, 5.41) is 4.01. The lowest BCUT2D eigenvalue weighted by molar-refractivity contribution is -0.129. The number of ether oxygens (including phenoxy) is 1. The first-order chi connectivity index (χ1) is 11.1. The smallest absolute Gasteiger partial charge is 0.234 e. The molecule has 3 rings (SSSR count). The summed E-state index contributed by atoms with van der Waals surface area (Å²) < 4.78 is 5.89. The predicted molar refractivity (Wildman–Crippen MR) is 90.0 cm³/mol. The van der Waals surface area contributed by atoms with Crippen molar-refractivity contribution >= 4 is 23.1 Å². The zero-order valence-electron chi connectivity index (χ0n) is 13.3. The van der Waals surface area contributed by atoms with Crippen LogP contribution in [0, 0.1) is 0 Å². The SMILES string of the molecule is CN(C)c1cncc(OC2CCN(C(=O)Cc3ccsc3)C2)n1. The summed E-state index contributed by atoms with van der Waals surface area (Å²) in [5.74, 6) is 1.42. The molecule has 1 unspecified atom stereocenters. The van der Waals surface area contributed by atoms with Crippen molar-refractivity contribution in [1.29, 1.82) is 0 Å². The van der Waals surface area contributed by atoms with Gasteiger partial charge in [0, 0.05) is 27.1 Å². The van der Waals surface area contributed by atoms with Crippen LogP contribution in [0.25, 0.3) is 0 Å². The minimum atomic E-state index is -0.0202. The van der Waals surface area contributed by atoms with E-state index >= 15 is 0 Å². The van der Waals surface area contributed by atoms with Crippen LogP contribution in [0.15, 0.2) is 29.2 Å². The fourth-order valence-electron chi connectivity index (χ4n) is 2.51. The maximum Gasteiger partial charge on any atom is 0.234 e. The van der Waals surface area contributed by atoms with Gasteiger partial charge in [-0.1, -0.05) is 0 Å². The molecular weight excluding hydrogens is 312 g/mol. The Balaban J connectivity index is 1.55. The van der Waals surface area contributed by atoms with Gasteiger partial charge < -0.3 is 14.5 Å². The summed E-state index contributed by atoms with van der Waals surface area (Å²) >= 11 is 1.62. The van der Waals surface area contributed by atoms with Crippen molar-refractivity contribution < 1.29 is 9.53 Å². The van der Waals surface area contributed by atoms with Crippen molar-refractivity contribution in [2.45, 2.75) is 18.9 Å². The van der Waals surface area contributed by atoms with E-state index in [2.05, 4.69) is 9.97 Å². The van der Waals surface area contributed by atoms with Gasteiger partial charge in [-0.3, -0.25) is 9.78 Å². The third kappa shape index (κ3) is 3.98. The quantitative estimate of drug-likeness (QED) is 0.836. The van der Waals surface area contributed by atoms with E-state index in [-0.39, 0.29) is 12.0 Å². The standard InChI is InChI=1S/C16H20N4O2S/c1-19(2)14-8-17-9-15(18-14)22-13-3-5-20(10-13)16(21)7-12-4-6-23-11-12/h4,6,8-9,11,13H,3,5,7,10H2,1-2H3. The fraction of sp³-hybridized carbons (Fsp3) is 0.438. The molecule has 1 saturated heterocycles. The summed E-state index contributed by atoms with van der Waals surface area (Å²) in [7, 11) is 3.82. The Morgan fingerprint density at radius 1 is 1.48 bits per heavy atom. The van der Waals surface area contributed by atoms with Crippen molar-refractivity contribution in [3.05, 3.63) is 34.8 Å². The summed E-state index contributed by atoms with van der Waals surface area (Å²) in [6.45, 7) is 1.34. The van der Waals surface area contributed by atoms with Gasteiger partial charge >= 0.3 is 0 Å². The Morgan fingerprint density at radius 3 is 3.09 bits per heavy atom. The number of amides is 1. The lowest BCUT2D eigenvalue weighted by atomic mass is 10.2. The van der Waals surface area contributed by atoms with Crippen LogP contribution >= 0.6 is 11.3 Å². The van der Waals surface area contributed by atoms with E-state index in [1.54, 1.807) is 23.7 Å². The molecule has 0 spiro atoms. The molecule has 1 fully saturated rings. The fourth-order valence-corrected chi connectivity index (χ4v) is 3.18. The molecule has 7 heteroatoms. The molecule has 1 aliphatic rings. The molecule has 23 heavy (non-hydrogen) atoms. The van der Waals surface area contributed by atoms with Crippen LogP contribution in [0.4, 0.5) is 5.82 Å². The zero-order chi connectivity index (χ0) is 16.2. The summed E-state index contributed by atoms with van der Waals surface area (Å²) in [6, 6.07) is 1.99. The summed E-state index contributed by atoms with van der Waals surface area (Å²) in [4.78, 5) is 24.6. The van der Waals surface area contributed by atoms with Gasteiger partial charge in [0.2, 0.25) is 11.8 Å². The predicted octanol–water partition coefficient (Wildman–Crippen LogP) is 1.83. The van der Waals surface area contributed by atoms with Crippen molar-refractivity contribution in [3.63, 3.8) is 0 Å². The van der Waals surface area contributed by atoms with Gasteiger partial charge in [0.1, 0.15) is 6.10 Å². The van der Waals surface area contributed by atoms with Crippen LogP contribution in [0.5, 0.6) is 5.88 Å². The van der Waals surface area contributed by atoms with Gasteiger partial charge in [0.25, 0.3) is 0 Å². The molecule has 2 aromatic heterocycles. The van der Waals surface area contributed by atoms with Crippen molar-refractivity contribution in [2.75, 3.05) is 32.1 Å². The number of rotatable bonds is 5. The Morgan fingerprint density at radius 2 is 2.35 bits per heavy atom. The Kier molecular flexibility index (Phi) is 4.76. The number of carbonyl (C=O) groups is 1. The van der Waals surface area contributed by atoms with Crippen LogP contribution < -0.4 is 9.64 Å². The number of carbonyl (C=O) groups excluding carboxylic acids is 1. The highest BCUT2D eigenvalue weighted by atomic mass is 32.1. The average molecular weight is 332 g/mol. The van der Waals surface area contributed by atoms with Crippen LogP contribution in [0.2, 0.25) is 0 Å². The molecular formula is C16H20N4O2S. The molecule has 6 nitrogen and oxygen atoms in total. The van der Waals surface area contributed by atoms with Crippen LogP contribution in [0.1, 0.15) is 12.0 Å². The van der Waals surface area contributed by atoms with E-state index < -0.39 is 0 Å².